The molecule has 0 atom stereocenters. The van der Waals surface area contributed by atoms with Crippen LogP contribution < -0.4 is 5.32 Å². The fourth-order valence-electron chi connectivity index (χ4n) is 7.51. The summed E-state index contributed by atoms with van der Waals surface area (Å²) in [6.45, 7) is 10.7. The van der Waals surface area contributed by atoms with Crippen LogP contribution in [0, 0.1) is 13.8 Å². The highest BCUT2D eigenvalue weighted by Crippen LogP contribution is 2.34. The van der Waals surface area contributed by atoms with E-state index in [0.29, 0.717) is 66.2 Å². The molecule has 3 aliphatic heterocycles. The summed E-state index contributed by atoms with van der Waals surface area (Å²) in [5.41, 5.74) is 9.06. The van der Waals surface area contributed by atoms with Crippen molar-refractivity contribution < 1.29 is 18.6 Å². The third-order valence-corrected chi connectivity index (χ3v) is 11.0. The molecule has 12 nitrogen and oxygen atoms in total. The van der Waals surface area contributed by atoms with Gasteiger partial charge in [0.1, 0.15) is 0 Å². The van der Waals surface area contributed by atoms with Crippen LogP contribution in [0.25, 0.3) is 22.9 Å². The van der Waals surface area contributed by atoms with Crippen molar-refractivity contribution in [1.29, 1.82) is 0 Å². The van der Waals surface area contributed by atoms with E-state index >= 15 is 0 Å². The van der Waals surface area contributed by atoms with E-state index in [9.17, 15) is 9.59 Å². The van der Waals surface area contributed by atoms with Crippen molar-refractivity contribution >= 4 is 46.6 Å². The molecule has 0 spiro atoms. The maximum Gasteiger partial charge on any atom is 0.257 e. The lowest BCUT2D eigenvalue weighted by molar-refractivity contribution is 0.0759. The number of nitrogens with one attached hydrogen (secondary N) is 1. The fourth-order valence-corrected chi connectivity index (χ4v) is 7.87. The van der Waals surface area contributed by atoms with Gasteiger partial charge in [-0.1, -0.05) is 57.8 Å². The number of fused-ring (bicyclic) bond motifs is 2. The molecule has 5 heterocycles. The number of amides is 2. The number of hydrogen-bond donors (Lipinski definition) is 1. The van der Waals surface area contributed by atoms with Gasteiger partial charge in [0, 0.05) is 84.7 Å². The second kappa shape index (κ2) is 16.8. The smallest absolute Gasteiger partial charge is 0.257 e. The summed E-state index contributed by atoms with van der Waals surface area (Å²) < 4.78 is 10.8. The number of aromatic nitrogens is 4. The predicted molar refractivity (Wildman–Crippen MR) is 217 cm³/mol. The summed E-state index contributed by atoms with van der Waals surface area (Å²) in [5, 5.41) is 12.7. The van der Waals surface area contributed by atoms with E-state index in [1.807, 2.05) is 96.4 Å². The first-order chi connectivity index (χ1) is 27.6. The molecule has 2 aromatic heterocycles. The Kier molecular flexibility index (Phi) is 11.4. The molecule has 0 saturated carbocycles. The van der Waals surface area contributed by atoms with Gasteiger partial charge in [0.25, 0.3) is 23.6 Å². The minimum atomic E-state index is 0.0333. The number of hydrogen-bond acceptors (Lipinski definition) is 10. The highest BCUT2D eigenvalue weighted by atomic mass is 35.5. The number of carbonyl (C=O) groups excluding carboxylic acids is 2. The summed E-state index contributed by atoms with van der Waals surface area (Å²) in [6, 6.07) is 22.9. The zero-order chi connectivity index (χ0) is 39.6. The maximum atomic E-state index is 13.0. The lowest BCUT2D eigenvalue weighted by Crippen LogP contribution is -2.43. The number of carbonyl (C=O) groups is 2. The Balaban J connectivity index is 0.000000162. The number of alkyl halides is 1. The van der Waals surface area contributed by atoms with Crippen LogP contribution in [-0.2, 0) is 38.6 Å². The third kappa shape index (κ3) is 8.61. The Hall–Kier alpha value is -5.11. The van der Waals surface area contributed by atoms with E-state index in [1.54, 1.807) is 0 Å². The number of halogens is 3. The zero-order valence-electron chi connectivity index (χ0n) is 31.4. The van der Waals surface area contributed by atoms with Crippen LogP contribution in [-0.4, -0.2) is 73.0 Å². The van der Waals surface area contributed by atoms with Gasteiger partial charge in [-0.3, -0.25) is 14.5 Å². The van der Waals surface area contributed by atoms with E-state index < -0.39 is 0 Å². The van der Waals surface area contributed by atoms with Crippen molar-refractivity contribution in [2.75, 3.05) is 26.2 Å². The first kappa shape index (κ1) is 38.7. The van der Waals surface area contributed by atoms with Crippen LogP contribution in [0.4, 0.5) is 0 Å². The van der Waals surface area contributed by atoms with Gasteiger partial charge >= 0.3 is 0 Å². The molecule has 1 fully saturated rings. The van der Waals surface area contributed by atoms with E-state index in [2.05, 4.69) is 30.5 Å². The molecule has 0 radical (unpaired) electrons. The fraction of sp³-hybridized carbons (Fsp3) is 0.286. The molecular formula is C42H39Cl3N8O4. The quantitative estimate of drug-likeness (QED) is 0.144. The zero-order valence-corrected chi connectivity index (χ0v) is 33.7. The van der Waals surface area contributed by atoms with Crippen LogP contribution >= 0.6 is 34.8 Å². The summed E-state index contributed by atoms with van der Waals surface area (Å²) >= 11 is 17.6. The molecule has 0 bridgehead atoms. The van der Waals surface area contributed by atoms with E-state index in [4.69, 9.17) is 43.8 Å². The molecule has 1 saturated heterocycles. The normalized spacial score (nSPS) is 15.2. The summed E-state index contributed by atoms with van der Waals surface area (Å²) in [7, 11) is 0. The van der Waals surface area contributed by atoms with Gasteiger partial charge in [0.2, 0.25) is 0 Å². The van der Waals surface area contributed by atoms with Gasteiger partial charge in [-0.15, -0.1) is 11.6 Å². The lowest BCUT2D eigenvalue weighted by Gasteiger charge is -2.25. The number of benzene rings is 4. The number of aryl methyl sites for hydroxylation is 2. The van der Waals surface area contributed by atoms with Crippen LogP contribution in [0.15, 0.2) is 81.8 Å². The van der Waals surface area contributed by atoms with Crippen LogP contribution in [0.3, 0.4) is 0 Å². The molecule has 57 heavy (non-hydrogen) atoms. The first-order valence-electron chi connectivity index (χ1n) is 18.6. The second-order valence-corrected chi connectivity index (χ2v) is 15.6. The van der Waals surface area contributed by atoms with Gasteiger partial charge in [-0.2, -0.15) is 9.97 Å². The van der Waals surface area contributed by atoms with Crippen molar-refractivity contribution in [1.82, 2.24) is 40.3 Å². The van der Waals surface area contributed by atoms with E-state index in [1.165, 1.54) is 0 Å². The number of nitrogens with zero attached hydrogens (tertiary/aromatic N) is 7. The van der Waals surface area contributed by atoms with Crippen molar-refractivity contribution in [3.63, 3.8) is 0 Å². The van der Waals surface area contributed by atoms with Gasteiger partial charge in [-0.05, 0) is 95.8 Å². The molecule has 2 amide bonds. The lowest BCUT2D eigenvalue weighted by atomic mass is 10.0. The average molecular weight is 826 g/mol. The minimum absolute atomic E-state index is 0.0333. The molecular weight excluding hydrogens is 787 g/mol. The minimum Gasteiger partial charge on any atom is -0.334 e. The highest BCUT2D eigenvalue weighted by Gasteiger charge is 2.32. The third-order valence-electron chi connectivity index (χ3n) is 10.3. The van der Waals surface area contributed by atoms with E-state index in [0.717, 1.165) is 81.8 Å². The van der Waals surface area contributed by atoms with Crippen molar-refractivity contribution in [2.24, 2.45) is 0 Å². The highest BCUT2D eigenvalue weighted by molar-refractivity contribution is 6.30. The molecule has 292 valence electrons. The molecule has 15 heteroatoms. The standard InChI is InChI=1S/C23H24ClN5O2.C19H15Cl2N3O2/c1-15-10-17(22-26-20(27-31-22)14-28-8-6-25-7-9-28)11-18-13-29(23(30)21(15)18)12-16-2-4-19(24)5-3-16;1-11-6-13(18-22-16(8-20)23-26-18)7-14-10-24(19(25)17(11)14)9-12-2-4-15(21)5-3-12/h2-5,10-11,25H,6-9,12-14H2,1H3;2-7H,8-10H2,1H3. The number of piperazine rings is 1. The van der Waals surface area contributed by atoms with Gasteiger partial charge in [-0.25, -0.2) is 0 Å². The molecule has 4 aromatic carbocycles. The Labute approximate surface area is 344 Å². The van der Waals surface area contributed by atoms with Crippen molar-refractivity contribution in [3.05, 3.63) is 139 Å². The van der Waals surface area contributed by atoms with Crippen LogP contribution in [0.2, 0.25) is 10.0 Å². The maximum absolute atomic E-state index is 13.0. The molecule has 3 aliphatic rings. The first-order valence-corrected chi connectivity index (χ1v) is 19.9. The van der Waals surface area contributed by atoms with Crippen molar-refractivity contribution in [2.45, 2.75) is 52.5 Å². The Bertz CT molecular complexity index is 2430. The van der Waals surface area contributed by atoms with Crippen LogP contribution in [0.1, 0.15) is 65.7 Å². The topological polar surface area (TPSA) is 134 Å². The molecule has 0 unspecified atom stereocenters. The van der Waals surface area contributed by atoms with Crippen LogP contribution in [0.5, 0.6) is 0 Å². The predicted octanol–water partition coefficient (Wildman–Crippen LogP) is 7.85. The molecule has 6 aromatic rings. The monoisotopic (exact) mass is 824 g/mol. The Morgan fingerprint density at radius 2 is 1.11 bits per heavy atom. The van der Waals surface area contributed by atoms with Gasteiger partial charge < -0.3 is 24.2 Å². The SMILES string of the molecule is Cc1cc(-c2nc(CCl)no2)cc2c1C(=O)N(Cc1ccc(Cl)cc1)C2.Cc1cc(-c2nc(CN3CCNCC3)no2)cc2c1C(=O)N(Cc1ccc(Cl)cc1)C2. The van der Waals surface area contributed by atoms with E-state index in [-0.39, 0.29) is 17.7 Å². The summed E-state index contributed by atoms with van der Waals surface area (Å²) in [5.74, 6) is 2.33. The second-order valence-electron chi connectivity index (χ2n) is 14.4. The Morgan fingerprint density at radius 3 is 1.56 bits per heavy atom. The largest absolute Gasteiger partial charge is 0.334 e. The Morgan fingerprint density at radius 1 is 0.649 bits per heavy atom. The van der Waals surface area contributed by atoms with Gasteiger partial charge in [0.05, 0.1) is 12.4 Å². The molecule has 1 N–H and O–H groups in total. The average Bonchev–Trinajstić information content (AvgIpc) is 4.01. The molecule has 9 rings (SSSR count). The summed E-state index contributed by atoms with van der Waals surface area (Å²) in [4.78, 5) is 40.7. The summed E-state index contributed by atoms with van der Waals surface area (Å²) in [6.07, 6.45) is 0. The van der Waals surface area contributed by atoms with Gasteiger partial charge in [0.15, 0.2) is 11.6 Å². The van der Waals surface area contributed by atoms with Crippen molar-refractivity contribution in [3.8, 4) is 22.9 Å². The molecule has 0 aliphatic carbocycles. The number of rotatable bonds is 9.